The Balaban J connectivity index is 1.47. The largest absolute Gasteiger partial charge is 0.384 e. The van der Waals surface area contributed by atoms with Crippen molar-refractivity contribution in [2.24, 2.45) is 0 Å². The van der Waals surface area contributed by atoms with E-state index in [4.69, 9.17) is 5.73 Å². The van der Waals surface area contributed by atoms with E-state index in [1.165, 1.54) is 4.90 Å². The van der Waals surface area contributed by atoms with Gasteiger partial charge in [0.15, 0.2) is 0 Å². The lowest BCUT2D eigenvalue weighted by atomic mass is 10.1. The maximum atomic E-state index is 12.2. The number of rotatable bonds is 6. The molecule has 1 aromatic heterocycles. The third kappa shape index (κ3) is 3.21. The van der Waals surface area contributed by atoms with Crippen LogP contribution in [0.3, 0.4) is 0 Å². The van der Waals surface area contributed by atoms with Gasteiger partial charge in [0.05, 0.1) is 11.1 Å². The molecule has 0 radical (unpaired) electrons. The predicted molar refractivity (Wildman–Crippen MR) is 85.8 cm³/mol. The number of benzene rings is 1. The maximum Gasteiger partial charge on any atom is 0.261 e. The highest BCUT2D eigenvalue weighted by atomic mass is 16.2. The van der Waals surface area contributed by atoms with E-state index < -0.39 is 0 Å². The smallest absolute Gasteiger partial charge is 0.261 e. The van der Waals surface area contributed by atoms with Crippen LogP contribution in [0.5, 0.6) is 0 Å². The molecule has 0 atom stereocenters. The molecule has 2 N–H and O–H groups in total. The summed E-state index contributed by atoms with van der Waals surface area (Å²) >= 11 is 0. The summed E-state index contributed by atoms with van der Waals surface area (Å²) < 4.78 is 0. The fraction of sp³-hybridized carbons (Fsp3) is 0.294. The Morgan fingerprint density at radius 3 is 2.30 bits per heavy atom. The quantitative estimate of drug-likeness (QED) is 0.651. The molecule has 0 aliphatic carbocycles. The van der Waals surface area contributed by atoms with E-state index in [-0.39, 0.29) is 11.8 Å². The average Bonchev–Trinajstić information content (AvgIpc) is 2.80. The molecular weight excluding hydrogens is 292 g/mol. The van der Waals surface area contributed by atoms with Gasteiger partial charge in [-0.15, -0.1) is 0 Å². The number of nitrogen functional groups attached to an aromatic ring is 1. The minimum absolute atomic E-state index is 0.190. The first kappa shape index (κ1) is 15.1. The fourth-order valence-corrected chi connectivity index (χ4v) is 2.71. The van der Waals surface area contributed by atoms with Crippen molar-refractivity contribution in [3.8, 4) is 0 Å². The highest BCUT2D eigenvalue weighted by Crippen LogP contribution is 2.22. The number of amides is 2. The number of fused-ring (bicyclic) bond motifs is 1. The lowest BCUT2D eigenvalue weighted by molar-refractivity contribution is 0.0651. The molecule has 0 fully saturated rings. The molecule has 0 bridgehead atoms. The number of carbonyl (C=O) groups excluding carboxylic acids is 2. The average molecular weight is 310 g/mol. The Morgan fingerprint density at radius 2 is 1.65 bits per heavy atom. The number of aromatic nitrogens is 2. The van der Waals surface area contributed by atoms with Crippen LogP contribution in [0.15, 0.2) is 36.5 Å². The first-order valence-corrected chi connectivity index (χ1v) is 7.69. The van der Waals surface area contributed by atoms with E-state index >= 15 is 0 Å². The molecule has 23 heavy (non-hydrogen) atoms. The summed E-state index contributed by atoms with van der Waals surface area (Å²) in [7, 11) is 0. The Kier molecular flexibility index (Phi) is 4.32. The van der Waals surface area contributed by atoms with Gasteiger partial charge in [0.25, 0.3) is 11.8 Å². The van der Waals surface area contributed by atoms with Crippen molar-refractivity contribution in [2.75, 3.05) is 12.3 Å². The van der Waals surface area contributed by atoms with E-state index in [2.05, 4.69) is 9.97 Å². The van der Waals surface area contributed by atoms with E-state index in [9.17, 15) is 9.59 Å². The van der Waals surface area contributed by atoms with Crippen LogP contribution < -0.4 is 5.73 Å². The van der Waals surface area contributed by atoms with Gasteiger partial charge in [-0.3, -0.25) is 14.5 Å². The Hall–Kier alpha value is -2.76. The lowest BCUT2D eigenvalue weighted by Crippen LogP contribution is -2.30. The molecule has 0 spiro atoms. The van der Waals surface area contributed by atoms with E-state index in [0.29, 0.717) is 23.5 Å². The number of aryl methyl sites for hydroxylation is 1. The normalized spacial score (nSPS) is 13.5. The lowest BCUT2D eigenvalue weighted by Gasteiger charge is -2.13. The van der Waals surface area contributed by atoms with Gasteiger partial charge in [0.2, 0.25) is 0 Å². The number of anilines is 1. The van der Waals surface area contributed by atoms with Gasteiger partial charge in [0.1, 0.15) is 11.6 Å². The van der Waals surface area contributed by atoms with Crippen LogP contribution in [0.4, 0.5) is 5.82 Å². The SMILES string of the molecule is Nc1ccnc(CCCCCN2C(=O)c3ccccc3C2=O)n1. The van der Waals surface area contributed by atoms with Gasteiger partial charge in [-0.2, -0.15) is 0 Å². The molecular formula is C17H18N4O2. The van der Waals surface area contributed by atoms with Gasteiger partial charge in [-0.05, 0) is 31.0 Å². The molecule has 2 heterocycles. The Bertz CT molecular complexity index is 710. The van der Waals surface area contributed by atoms with Crippen molar-refractivity contribution in [1.82, 2.24) is 14.9 Å². The van der Waals surface area contributed by atoms with Crippen molar-refractivity contribution in [3.05, 3.63) is 53.5 Å². The summed E-state index contributed by atoms with van der Waals surface area (Å²) in [5, 5.41) is 0. The van der Waals surface area contributed by atoms with Crippen molar-refractivity contribution >= 4 is 17.6 Å². The van der Waals surface area contributed by atoms with Crippen LogP contribution in [-0.2, 0) is 6.42 Å². The third-order valence-electron chi connectivity index (χ3n) is 3.89. The Morgan fingerprint density at radius 1 is 0.957 bits per heavy atom. The highest BCUT2D eigenvalue weighted by molar-refractivity contribution is 6.21. The number of nitrogens with zero attached hydrogens (tertiary/aromatic N) is 3. The molecule has 0 saturated heterocycles. The summed E-state index contributed by atoms with van der Waals surface area (Å²) in [6.45, 7) is 0.449. The standard InChI is InChI=1S/C17H18N4O2/c18-14-9-10-19-15(20-14)8-2-1-5-11-21-16(22)12-6-3-4-7-13(12)17(21)23/h3-4,6-7,9-10H,1-2,5,8,11H2,(H2,18,19,20). The fourth-order valence-electron chi connectivity index (χ4n) is 2.71. The molecule has 3 rings (SSSR count). The van der Waals surface area contributed by atoms with Crippen molar-refractivity contribution < 1.29 is 9.59 Å². The number of imide groups is 1. The molecule has 2 amide bonds. The third-order valence-corrected chi connectivity index (χ3v) is 3.89. The van der Waals surface area contributed by atoms with Gasteiger partial charge in [-0.25, -0.2) is 9.97 Å². The minimum atomic E-state index is -0.190. The molecule has 0 saturated carbocycles. The second-order valence-electron chi connectivity index (χ2n) is 5.52. The van der Waals surface area contributed by atoms with Gasteiger partial charge >= 0.3 is 0 Å². The number of nitrogens with two attached hydrogens (primary N) is 1. The number of unbranched alkanes of at least 4 members (excludes halogenated alkanes) is 2. The number of carbonyl (C=O) groups is 2. The maximum absolute atomic E-state index is 12.2. The topological polar surface area (TPSA) is 89.2 Å². The molecule has 1 aliphatic rings. The summed E-state index contributed by atoms with van der Waals surface area (Å²) in [4.78, 5) is 34.0. The van der Waals surface area contributed by atoms with Crippen LogP contribution in [0.2, 0.25) is 0 Å². The molecule has 118 valence electrons. The van der Waals surface area contributed by atoms with E-state index in [1.807, 2.05) is 0 Å². The van der Waals surface area contributed by atoms with E-state index in [1.54, 1.807) is 36.5 Å². The van der Waals surface area contributed by atoms with Crippen LogP contribution >= 0.6 is 0 Å². The first-order chi connectivity index (χ1) is 11.2. The second-order valence-corrected chi connectivity index (χ2v) is 5.52. The van der Waals surface area contributed by atoms with Gasteiger partial charge in [-0.1, -0.05) is 18.6 Å². The van der Waals surface area contributed by atoms with Crippen molar-refractivity contribution in [1.29, 1.82) is 0 Å². The molecule has 6 nitrogen and oxygen atoms in total. The van der Waals surface area contributed by atoms with E-state index in [0.717, 1.165) is 31.5 Å². The van der Waals surface area contributed by atoms with Crippen LogP contribution in [0.1, 0.15) is 45.8 Å². The zero-order valence-electron chi connectivity index (χ0n) is 12.7. The van der Waals surface area contributed by atoms with Crippen molar-refractivity contribution in [2.45, 2.75) is 25.7 Å². The summed E-state index contributed by atoms with van der Waals surface area (Å²) in [5.74, 6) is 0.821. The monoisotopic (exact) mass is 310 g/mol. The molecule has 1 aliphatic heterocycles. The molecule has 0 unspecified atom stereocenters. The minimum Gasteiger partial charge on any atom is -0.384 e. The van der Waals surface area contributed by atoms with Gasteiger partial charge in [0, 0.05) is 19.2 Å². The zero-order valence-corrected chi connectivity index (χ0v) is 12.7. The highest BCUT2D eigenvalue weighted by Gasteiger charge is 2.34. The van der Waals surface area contributed by atoms with Crippen LogP contribution in [0, 0.1) is 0 Å². The molecule has 2 aromatic rings. The van der Waals surface area contributed by atoms with Gasteiger partial charge < -0.3 is 5.73 Å². The number of hydrogen-bond donors (Lipinski definition) is 1. The summed E-state index contributed by atoms with van der Waals surface area (Å²) in [6.07, 6.45) is 4.95. The predicted octanol–water partition coefficient (Wildman–Crippen LogP) is 2.07. The first-order valence-electron chi connectivity index (χ1n) is 7.69. The van der Waals surface area contributed by atoms with Crippen LogP contribution in [0.25, 0.3) is 0 Å². The summed E-state index contributed by atoms with van der Waals surface area (Å²) in [5.41, 5.74) is 6.62. The van der Waals surface area contributed by atoms with Crippen LogP contribution in [-0.4, -0.2) is 33.2 Å². The van der Waals surface area contributed by atoms with Crippen molar-refractivity contribution in [3.63, 3.8) is 0 Å². The zero-order chi connectivity index (χ0) is 16.2. The summed E-state index contributed by atoms with van der Waals surface area (Å²) in [6, 6.07) is 8.61. The Labute approximate surface area is 134 Å². The molecule has 1 aromatic carbocycles. The number of hydrogen-bond acceptors (Lipinski definition) is 5. The second kappa shape index (κ2) is 6.56. The molecule has 6 heteroatoms.